The molecule has 1 aliphatic rings. The first-order valence-electron chi connectivity index (χ1n) is 8.05. The summed E-state index contributed by atoms with van der Waals surface area (Å²) in [6, 6.07) is 0. The SMILES string of the molecule is CC(C)CC1(CNC(=O)c2cn(CCN)cn2)CCCC1. The number of carbonyl (C=O) groups is 1. The minimum atomic E-state index is -0.0687. The number of hydrogen-bond acceptors (Lipinski definition) is 3. The van der Waals surface area contributed by atoms with Crippen molar-refractivity contribution in [1.29, 1.82) is 0 Å². The van der Waals surface area contributed by atoms with Crippen LogP contribution in [0.1, 0.15) is 56.4 Å². The van der Waals surface area contributed by atoms with Crippen molar-refractivity contribution in [2.24, 2.45) is 17.1 Å². The minimum Gasteiger partial charge on any atom is -0.350 e. The zero-order valence-electron chi connectivity index (χ0n) is 13.3. The highest BCUT2D eigenvalue weighted by atomic mass is 16.1. The molecule has 1 aromatic rings. The fourth-order valence-electron chi connectivity index (χ4n) is 3.55. The molecule has 0 radical (unpaired) electrons. The summed E-state index contributed by atoms with van der Waals surface area (Å²) in [5.41, 5.74) is 6.28. The molecule has 1 aromatic heterocycles. The minimum absolute atomic E-state index is 0.0687. The maximum atomic E-state index is 12.2. The smallest absolute Gasteiger partial charge is 0.271 e. The van der Waals surface area contributed by atoms with Gasteiger partial charge in [0.1, 0.15) is 5.69 Å². The number of nitrogens with one attached hydrogen (secondary N) is 1. The van der Waals surface area contributed by atoms with E-state index in [1.165, 1.54) is 32.1 Å². The van der Waals surface area contributed by atoms with Crippen molar-refractivity contribution in [2.75, 3.05) is 13.1 Å². The molecule has 0 aromatic carbocycles. The first kappa shape index (κ1) is 16.0. The van der Waals surface area contributed by atoms with Crippen molar-refractivity contribution in [3.63, 3.8) is 0 Å². The van der Waals surface area contributed by atoms with Crippen LogP contribution in [0.5, 0.6) is 0 Å². The monoisotopic (exact) mass is 292 g/mol. The molecule has 5 heteroatoms. The summed E-state index contributed by atoms with van der Waals surface area (Å²) in [4.78, 5) is 16.4. The van der Waals surface area contributed by atoms with Crippen molar-refractivity contribution in [2.45, 2.75) is 52.5 Å². The van der Waals surface area contributed by atoms with Gasteiger partial charge in [-0.3, -0.25) is 4.79 Å². The normalized spacial score (nSPS) is 17.3. The second-order valence-electron chi connectivity index (χ2n) is 6.77. The first-order valence-corrected chi connectivity index (χ1v) is 8.05. The molecule has 0 bridgehead atoms. The number of aromatic nitrogens is 2. The summed E-state index contributed by atoms with van der Waals surface area (Å²) >= 11 is 0. The van der Waals surface area contributed by atoms with Crippen molar-refractivity contribution in [3.8, 4) is 0 Å². The molecule has 0 saturated heterocycles. The van der Waals surface area contributed by atoms with E-state index in [1.807, 2.05) is 4.57 Å². The van der Waals surface area contributed by atoms with Crippen LogP contribution in [0.3, 0.4) is 0 Å². The van der Waals surface area contributed by atoms with Crippen molar-refractivity contribution in [1.82, 2.24) is 14.9 Å². The number of rotatable bonds is 7. The number of nitrogens with zero attached hydrogens (tertiary/aromatic N) is 2. The van der Waals surface area contributed by atoms with E-state index >= 15 is 0 Å². The molecule has 1 saturated carbocycles. The Labute approximate surface area is 127 Å². The fourth-order valence-corrected chi connectivity index (χ4v) is 3.55. The number of hydrogen-bond donors (Lipinski definition) is 2. The van der Waals surface area contributed by atoms with Gasteiger partial charge in [-0.05, 0) is 30.6 Å². The number of imidazole rings is 1. The molecule has 1 heterocycles. The maximum absolute atomic E-state index is 12.2. The molecule has 0 spiro atoms. The second-order valence-corrected chi connectivity index (χ2v) is 6.77. The second kappa shape index (κ2) is 7.07. The maximum Gasteiger partial charge on any atom is 0.271 e. The van der Waals surface area contributed by atoms with Gasteiger partial charge in [0.05, 0.1) is 6.33 Å². The number of nitrogens with two attached hydrogens (primary N) is 1. The summed E-state index contributed by atoms with van der Waals surface area (Å²) in [5, 5.41) is 3.10. The Hall–Kier alpha value is -1.36. The van der Waals surface area contributed by atoms with E-state index in [-0.39, 0.29) is 5.91 Å². The van der Waals surface area contributed by atoms with E-state index in [0.717, 1.165) is 6.54 Å². The lowest BCUT2D eigenvalue weighted by Crippen LogP contribution is -2.37. The molecule has 1 aliphatic carbocycles. The van der Waals surface area contributed by atoms with Crippen molar-refractivity contribution < 1.29 is 4.79 Å². The quantitative estimate of drug-likeness (QED) is 0.809. The van der Waals surface area contributed by atoms with Crippen LogP contribution in [0, 0.1) is 11.3 Å². The molecule has 0 aliphatic heterocycles. The molecule has 2 rings (SSSR count). The van der Waals surface area contributed by atoms with Crippen LogP contribution in [0.25, 0.3) is 0 Å². The average molecular weight is 292 g/mol. The van der Waals surface area contributed by atoms with Gasteiger partial charge in [-0.1, -0.05) is 26.7 Å². The predicted octanol–water partition coefficient (Wildman–Crippen LogP) is 2.18. The third-order valence-corrected chi connectivity index (χ3v) is 4.38. The lowest BCUT2D eigenvalue weighted by atomic mass is 9.78. The lowest BCUT2D eigenvalue weighted by Gasteiger charge is -2.31. The van der Waals surface area contributed by atoms with Crippen LogP contribution >= 0.6 is 0 Å². The summed E-state index contributed by atoms with van der Waals surface area (Å²) in [6.07, 6.45) is 9.66. The van der Waals surface area contributed by atoms with Gasteiger partial charge in [-0.15, -0.1) is 0 Å². The predicted molar refractivity (Wildman–Crippen MR) is 84.0 cm³/mol. The largest absolute Gasteiger partial charge is 0.350 e. The molecule has 3 N–H and O–H groups in total. The van der Waals surface area contributed by atoms with E-state index in [1.54, 1.807) is 12.5 Å². The molecule has 0 unspecified atom stereocenters. The topological polar surface area (TPSA) is 72.9 Å². The van der Waals surface area contributed by atoms with Gasteiger partial charge in [0.2, 0.25) is 0 Å². The van der Waals surface area contributed by atoms with Crippen LogP contribution in [0.15, 0.2) is 12.5 Å². The molecule has 5 nitrogen and oxygen atoms in total. The highest BCUT2D eigenvalue weighted by Crippen LogP contribution is 2.42. The Balaban J connectivity index is 1.92. The Morgan fingerprint density at radius 1 is 1.48 bits per heavy atom. The summed E-state index contributed by atoms with van der Waals surface area (Å²) in [5.74, 6) is 0.601. The third kappa shape index (κ3) is 4.30. The van der Waals surface area contributed by atoms with Crippen LogP contribution in [-0.4, -0.2) is 28.5 Å². The van der Waals surface area contributed by atoms with Crippen LogP contribution < -0.4 is 11.1 Å². The summed E-state index contributed by atoms with van der Waals surface area (Å²) in [7, 11) is 0. The Morgan fingerprint density at radius 3 is 2.81 bits per heavy atom. The van der Waals surface area contributed by atoms with Gasteiger partial charge >= 0.3 is 0 Å². The molecule has 1 fully saturated rings. The van der Waals surface area contributed by atoms with Gasteiger partial charge in [-0.2, -0.15) is 0 Å². The first-order chi connectivity index (χ1) is 10.0. The Kier molecular flexibility index (Phi) is 5.39. The third-order valence-electron chi connectivity index (χ3n) is 4.38. The van der Waals surface area contributed by atoms with Gasteiger partial charge in [0.25, 0.3) is 5.91 Å². The summed E-state index contributed by atoms with van der Waals surface area (Å²) in [6.45, 7) is 6.53. The molecule has 0 atom stereocenters. The van der Waals surface area contributed by atoms with Crippen molar-refractivity contribution >= 4 is 5.91 Å². The Morgan fingerprint density at radius 2 is 2.19 bits per heavy atom. The lowest BCUT2D eigenvalue weighted by molar-refractivity contribution is 0.0917. The van der Waals surface area contributed by atoms with Gasteiger partial charge in [0, 0.05) is 25.8 Å². The van der Waals surface area contributed by atoms with E-state index in [2.05, 4.69) is 24.1 Å². The van der Waals surface area contributed by atoms with Crippen LogP contribution in [0.2, 0.25) is 0 Å². The fraction of sp³-hybridized carbons (Fsp3) is 0.750. The number of amides is 1. The molecule has 118 valence electrons. The molecule has 1 amide bonds. The van der Waals surface area contributed by atoms with E-state index in [4.69, 9.17) is 5.73 Å². The highest BCUT2D eigenvalue weighted by Gasteiger charge is 2.34. The molecular weight excluding hydrogens is 264 g/mol. The van der Waals surface area contributed by atoms with Gasteiger partial charge < -0.3 is 15.6 Å². The van der Waals surface area contributed by atoms with Gasteiger partial charge in [-0.25, -0.2) is 4.98 Å². The van der Waals surface area contributed by atoms with Crippen LogP contribution in [-0.2, 0) is 6.54 Å². The van der Waals surface area contributed by atoms with Crippen LogP contribution in [0.4, 0.5) is 0 Å². The molecular formula is C16H28N4O. The standard InChI is InChI=1S/C16H28N4O/c1-13(2)9-16(5-3-4-6-16)11-18-15(21)14-10-20(8-7-17)12-19-14/h10,12-13H,3-9,11,17H2,1-2H3,(H,18,21). The van der Waals surface area contributed by atoms with Crippen molar-refractivity contribution in [3.05, 3.63) is 18.2 Å². The number of carbonyl (C=O) groups excluding carboxylic acids is 1. The average Bonchev–Trinajstić information content (AvgIpc) is 3.06. The zero-order chi connectivity index (χ0) is 15.3. The van der Waals surface area contributed by atoms with E-state index in [0.29, 0.717) is 30.1 Å². The summed E-state index contributed by atoms with van der Waals surface area (Å²) < 4.78 is 1.86. The van der Waals surface area contributed by atoms with E-state index < -0.39 is 0 Å². The Bertz CT molecular complexity index is 461. The highest BCUT2D eigenvalue weighted by molar-refractivity contribution is 5.92. The molecule has 21 heavy (non-hydrogen) atoms. The zero-order valence-corrected chi connectivity index (χ0v) is 13.3. The van der Waals surface area contributed by atoms with Gasteiger partial charge in [0.15, 0.2) is 0 Å². The van der Waals surface area contributed by atoms with E-state index in [9.17, 15) is 4.79 Å².